The number of halogens is 1. The molecule has 6 heteroatoms. The molecule has 124 valence electrons. The zero-order valence-electron chi connectivity index (χ0n) is 12.7. The Morgan fingerprint density at radius 3 is 2.62 bits per heavy atom. The molecule has 1 heterocycles. The summed E-state index contributed by atoms with van der Waals surface area (Å²) < 4.78 is 13.1. The Labute approximate surface area is 143 Å². The maximum Gasteiger partial charge on any atom is 0.305 e. The molecule has 24 heavy (non-hydrogen) atoms. The second-order valence-corrected chi connectivity index (χ2v) is 6.67. The topological polar surface area (TPSA) is 66.4 Å². The summed E-state index contributed by atoms with van der Waals surface area (Å²) in [4.78, 5) is 24.8. The molecule has 0 radical (unpaired) electrons. The molecular formula is C18H16FNO3S. The van der Waals surface area contributed by atoms with E-state index in [9.17, 15) is 14.0 Å². The minimum absolute atomic E-state index is 0.206. The van der Waals surface area contributed by atoms with Gasteiger partial charge in [-0.15, -0.1) is 11.8 Å². The molecule has 2 aromatic rings. The normalized spacial score (nSPS) is 17.1. The van der Waals surface area contributed by atoms with Gasteiger partial charge in [-0.25, -0.2) is 4.39 Å². The number of nitrogens with one attached hydrogen (secondary N) is 1. The molecule has 0 aliphatic carbocycles. The number of fused-ring (bicyclic) bond motifs is 1. The number of hydrogen-bond acceptors (Lipinski definition) is 3. The van der Waals surface area contributed by atoms with Crippen molar-refractivity contribution in [2.24, 2.45) is 0 Å². The van der Waals surface area contributed by atoms with Crippen LogP contribution in [0, 0.1) is 5.82 Å². The first kappa shape index (κ1) is 16.5. The third kappa shape index (κ3) is 3.59. The lowest BCUT2D eigenvalue weighted by Crippen LogP contribution is -2.34. The van der Waals surface area contributed by atoms with Crippen LogP contribution >= 0.6 is 11.8 Å². The van der Waals surface area contributed by atoms with E-state index in [4.69, 9.17) is 5.11 Å². The highest BCUT2D eigenvalue weighted by Gasteiger charge is 2.30. The van der Waals surface area contributed by atoms with Crippen LogP contribution in [0.15, 0.2) is 53.4 Å². The molecule has 2 atom stereocenters. The van der Waals surface area contributed by atoms with Crippen LogP contribution in [0.4, 0.5) is 4.39 Å². The Balaban J connectivity index is 1.79. The molecule has 2 aromatic carbocycles. The molecule has 0 fully saturated rings. The highest BCUT2D eigenvalue weighted by atomic mass is 32.2. The van der Waals surface area contributed by atoms with Crippen molar-refractivity contribution in [3.8, 4) is 0 Å². The number of carboxylic acids is 1. The fourth-order valence-corrected chi connectivity index (χ4v) is 4.00. The van der Waals surface area contributed by atoms with E-state index in [1.54, 1.807) is 11.8 Å². The number of carboxylic acid groups (broad SMARTS) is 1. The first-order valence-corrected chi connectivity index (χ1v) is 8.52. The van der Waals surface area contributed by atoms with Gasteiger partial charge < -0.3 is 10.4 Å². The van der Waals surface area contributed by atoms with Crippen LogP contribution in [0.1, 0.15) is 29.5 Å². The lowest BCUT2D eigenvalue weighted by atomic mass is 9.98. The van der Waals surface area contributed by atoms with Crippen molar-refractivity contribution in [3.63, 3.8) is 0 Å². The van der Waals surface area contributed by atoms with Gasteiger partial charge in [0, 0.05) is 10.6 Å². The molecule has 0 aromatic heterocycles. The molecule has 0 spiro atoms. The molecule has 1 aliphatic rings. The molecule has 0 unspecified atom stereocenters. The average Bonchev–Trinajstić information content (AvgIpc) is 2.98. The second-order valence-electron chi connectivity index (χ2n) is 5.61. The monoisotopic (exact) mass is 345 g/mol. The predicted molar refractivity (Wildman–Crippen MR) is 89.4 cm³/mol. The molecule has 2 N–H and O–H groups in total. The second kappa shape index (κ2) is 7.05. The van der Waals surface area contributed by atoms with Gasteiger partial charge in [0.15, 0.2) is 0 Å². The molecule has 1 amide bonds. The van der Waals surface area contributed by atoms with Crippen LogP contribution in [-0.2, 0) is 9.59 Å². The lowest BCUT2D eigenvalue weighted by molar-refractivity contribution is -0.137. The van der Waals surface area contributed by atoms with E-state index < -0.39 is 17.8 Å². The number of benzene rings is 2. The van der Waals surface area contributed by atoms with Gasteiger partial charge in [0.05, 0.1) is 18.4 Å². The van der Waals surface area contributed by atoms with E-state index >= 15 is 0 Å². The SMILES string of the molecule is O=C(O)C[C@@H](NC(=O)[C@@H]1CSc2ccccc21)c1ccc(F)cc1. The van der Waals surface area contributed by atoms with Gasteiger partial charge >= 0.3 is 5.97 Å². The fourth-order valence-electron chi connectivity index (χ4n) is 2.77. The van der Waals surface area contributed by atoms with Crippen molar-refractivity contribution < 1.29 is 19.1 Å². The van der Waals surface area contributed by atoms with Gasteiger partial charge in [-0.2, -0.15) is 0 Å². The van der Waals surface area contributed by atoms with Crippen LogP contribution in [0.5, 0.6) is 0 Å². The van der Waals surface area contributed by atoms with E-state index in [1.807, 2.05) is 24.3 Å². The van der Waals surface area contributed by atoms with Crippen LogP contribution < -0.4 is 5.32 Å². The zero-order chi connectivity index (χ0) is 17.1. The molecule has 1 aliphatic heterocycles. The summed E-state index contributed by atoms with van der Waals surface area (Å²) in [5.74, 6) is -1.30. The third-order valence-electron chi connectivity index (χ3n) is 3.98. The summed E-state index contributed by atoms with van der Waals surface area (Å²) in [5.41, 5.74) is 1.54. The molecule has 3 rings (SSSR count). The van der Waals surface area contributed by atoms with Crippen molar-refractivity contribution in [1.82, 2.24) is 5.32 Å². The molecular weight excluding hydrogens is 329 g/mol. The standard InChI is InChI=1S/C18H16FNO3S/c19-12-7-5-11(6-8-12)15(9-17(21)22)20-18(23)14-10-24-16-4-2-1-3-13(14)16/h1-8,14-15H,9-10H2,(H,20,23)(H,21,22)/t14-,15-/m1/s1. The number of amides is 1. The van der Waals surface area contributed by atoms with Crippen LogP contribution in [0.3, 0.4) is 0 Å². The first-order valence-electron chi connectivity index (χ1n) is 7.54. The Morgan fingerprint density at radius 1 is 1.21 bits per heavy atom. The summed E-state index contributed by atoms with van der Waals surface area (Å²) in [6, 6.07) is 12.5. The Hall–Kier alpha value is -2.34. The van der Waals surface area contributed by atoms with Crippen LogP contribution in [0.2, 0.25) is 0 Å². The maximum absolute atomic E-state index is 13.1. The van der Waals surface area contributed by atoms with E-state index in [-0.39, 0.29) is 18.2 Å². The third-order valence-corrected chi connectivity index (χ3v) is 5.17. The summed E-state index contributed by atoms with van der Waals surface area (Å²) >= 11 is 1.62. The van der Waals surface area contributed by atoms with Gasteiger partial charge in [0.2, 0.25) is 5.91 Å². The van der Waals surface area contributed by atoms with Crippen molar-refractivity contribution in [2.45, 2.75) is 23.3 Å². The first-order chi connectivity index (χ1) is 11.5. The Morgan fingerprint density at radius 2 is 1.92 bits per heavy atom. The highest BCUT2D eigenvalue weighted by Crippen LogP contribution is 2.39. The minimum atomic E-state index is -1.02. The number of aliphatic carboxylic acids is 1. The number of thioether (sulfide) groups is 1. The predicted octanol–water partition coefficient (Wildman–Crippen LogP) is 3.35. The van der Waals surface area contributed by atoms with E-state index in [0.29, 0.717) is 11.3 Å². The largest absolute Gasteiger partial charge is 0.481 e. The van der Waals surface area contributed by atoms with Gasteiger partial charge in [-0.05, 0) is 29.3 Å². The van der Waals surface area contributed by atoms with Crippen molar-refractivity contribution in [2.75, 3.05) is 5.75 Å². The van der Waals surface area contributed by atoms with Gasteiger partial charge in [-0.1, -0.05) is 30.3 Å². The Kier molecular flexibility index (Phi) is 4.85. The van der Waals surface area contributed by atoms with Crippen LogP contribution in [-0.4, -0.2) is 22.7 Å². The number of rotatable bonds is 5. The van der Waals surface area contributed by atoms with E-state index in [1.165, 1.54) is 24.3 Å². The van der Waals surface area contributed by atoms with Gasteiger partial charge in [0.25, 0.3) is 0 Å². The number of carbonyl (C=O) groups is 2. The molecule has 0 bridgehead atoms. The van der Waals surface area contributed by atoms with E-state index in [2.05, 4.69) is 5.32 Å². The quantitative estimate of drug-likeness (QED) is 0.872. The van der Waals surface area contributed by atoms with E-state index in [0.717, 1.165) is 10.5 Å². The summed E-state index contributed by atoms with van der Waals surface area (Å²) in [5, 5.41) is 11.9. The lowest BCUT2D eigenvalue weighted by Gasteiger charge is -2.20. The fraction of sp³-hybridized carbons (Fsp3) is 0.222. The summed E-state index contributed by atoms with van der Waals surface area (Å²) in [7, 11) is 0. The maximum atomic E-state index is 13.1. The highest BCUT2D eigenvalue weighted by molar-refractivity contribution is 7.99. The van der Waals surface area contributed by atoms with Crippen LogP contribution in [0.25, 0.3) is 0 Å². The minimum Gasteiger partial charge on any atom is -0.481 e. The van der Waals surface area contributed by atoms with Gasteiger partial charge in [-0.3, -0.25) is 9.59 Å². The Bertz CT molecular complexity index is 763. The molecule has 4 nitrogen and oxygen atoms in total. The number of hydrogen-bond donors (Lipinski definition) is 2. The molecule has 0 saturated carbocycles. The van der Waals surface area contributed by atoms with Gasteiger partial charge in [0.1, 0.15) is 5.82 Å². The van der Waals surface area contributed by atoms with Crippen molar-refractivity contribution in [3.05, 3.63) is 65.5 Å². The van der Waals surface area contributed by atoms with Crippen molar-refractivity contribution in [1.29, 1.82) is 0 Å². The summed E-state index contributed by atoms with van der Waals surface area (Å²) in [6.07, 6.45) is -0.251. The van der Waals surface area contributed by atoms with Crippen molar-refractivity contribution >= 4 is 23.6 Å². The molecule has 0 saturated heterocycles. The number of carbonyl (C=O) groups excluding carboxylic acids is 1. The zero-order valence-corrected chi connectivity index (χ0v) is 13.6. The summed E-state index contributed by atoms with van der Waals surface area (Å²) in [6.45, 7) is 0. The average molecular weight is 345 g/mol. The smallest absolute Gasteiger partial charge is 0.305 e.